The van der Waals surface area contributed by atoms with Gasteiger partial charge in [0.05, 0.1) is 0 Å². The number of rotatable bonds is 22. The van der Waals surface area contributed by atoms with Gasteiger partial charge in [-0.05, 0) is 136 Å². The van der Waals surface area contributed by atoms with Crippen LogP contribution in [0.2, 0.25) is 0 Å². The summed E-state index contributed by atoms with van der Waals surface area (Å²) in [6.07, 6.45) is 39.4. The average molecular weight is 679 g/mol. The van der Waals surface area contributed by atoms with Crippen LogP contribution in [0.15, 0.2) is 23.8 Å². The van der Waals surface area contributed by atoms with Crippen LogP contribution >= 0.6 is 0 Å². The lowest BCUT2D eigenvalue weighted by Crippen LogP contribution is -2.51. The number of carbonyl (C=O) groups excluding carboxylic acids is 1. The number of esters is 1. The Hall–Kier alpha value is -1.05. The lowest BCUT2D eigenvalue weighted by atomic mass is 9.47. The summed E-state index contributed by atoms with van der Waals surface area (Å²) in [6, 6.07) is 0. The minimum atomic E-state index is 0.0544. The smallest absolute Gasteiger partial charge is 0.306 e. The third-order valence-corrected chi connectivity index (χ3v) is 15.2. The van der Waals surface area contributed by atoms with E-state index in [9.17, 15) is 4.79 Å². The van der Waals surface area contributed by atoms with E-state index in [1.165, 1.54) is 128 Å². The first-order chi connectivity index (χ1) is 23.6. The number of allylic oxidation sites excluding steroid dienone is 3. The van der Waals surface area contributed by atoms with Crippen molar-refractivity contribution in [2.45, 2.75) is 215 Å². The van der Waals surface area contributed by atoms with Gasteiger partial charge in [-0.2, -0.15) is 0 Å². The molecule has 9 atom stereocenters. The standard InChI is InChI=1S/C47H82O2/c1-8-10-11-12-13-14-15-16-17-18-19-20-21-22-23-24-45(48)49-40-31-33-46(6)39(35-40)27-28-41-43-30-29-42(47(43,7)34-32-44(41)46)37(5)25-26-38(9-2)36(3)4/h16-17,27,36-38,40-44H,8-15,18-26,28-35H2,1-7H3/b17-16-/t37-,38-,40+,41+,42-,43+,44+,46+,47-/m1/s1. The third-order valence-electron chi connectivity index (χ3n) is 15.2. The predicted octanol–water partition coefficient (Wildman–Crippen LogP) is 14.6. The molecule has 0 radical (unpaired) electrons. The second-order valence-electron chi connectivity index (χ2n) is 18.6. The zero-order valence-electron chi connectivity index (χ0n) is 33.8. The molecule has 2 nitrogen and oxygen atoms in total. The van der Waals surface area contributed by atoms with Crippen molar-refractivity contribution in [1.82, 2.24) is 0 Å². The highest BCUT2D eigenvalue weighted by atomic mass is 16.5. The fourth-order valence-electron chi connectivity index (χ4n) is 12.0. The molecule has 3 saturated carbocycles. The maximum Gasteiger partial charge on any atom is 0.306 e. The molecule has 2 heteroatoms. The molecule has 4 rings (SSSR count). The van der Waals surface area contributed by atoms with Crippen LogP contribution in [-0.4, -0.2) is 12.1 Å². The molecule has 3 fully saturated rings. The molecule has 0 N–H and O–H groups in total. The van der Waals surface area contributed by atoms with Crippen LogP contribution < -0.4 is 0 Å². The molecular formula is C47H82O2. The van der Waals surface area contributed by atoms with Gasteiger partial charge in [0.2, 0.25) is 0 Å². The maximum atomic E-state index is 12.8. The summed E-state index contributed by atoms with van der Waals surface area (Å²) in [5.41, 5.74) is 2.51. The zero-order chi connectivity index (χ0) is 35.3. The number of unbranched alkanes of at least 4 members (excludes halogenated alkanes) is 11. The monoisotopic (exact) mass is 679 g/mol. The molecule has 0 aromatic carbocycles. The summed E-state index contributed by atoms with van der Waals surface area (Å²) < 4.78 is 6.14. The van der Waals surface area contributed by atoms with Crippen LogP contribution in [0.5, 0.6) is 0 Å². The van der Waals surface area contributed by atoms with Gasteiger partial charge in [0.1, 0.15) is 6.10 Å². The van der Waals surface area contributed by atoms with E-state index in [0.717, 1.165) is 67.1 Å². The van der Waals surface area contributed by atoms with Gasteiger partial charge in [-0.25, -0.2) is 0 Å². The van der Waals surface area contributed by atoms with Crippen LogP contribution in [0.4, 0.5) is 0 Å². The lowest BCUT2D eigenvalue weighted by molar-refractivity contribution is -0.151. The average Bonchev–Trinajstić information content (AvgIpc) is 3.44. The fraction of sp³-hybridized carbons (Fsp3) is 0.894. The minimum Gasteiger partial charge on any atom is -0.462 e. The summed E-state index contributed by atoms with van der Waals surface area (Å²) in [5, 5.41) is 0. The summed E-state index contributed by atoms with van der Waals surface area (Å²) in [5.74, 6) is 6.15. The Labute approximate surface area is 305 Å². The number of hydrogen-bond acceptors (Lipinski definition) is 2. The highest BCUT2D eigenvalue weighted by Crippen LogP contribution is 2.67. The van der Waals surface area contributed by atoms with Crippen molar-refractivity contribution in [1.29, 1.82) is 0 Å². The molecule has 0 aliphatic heterocycles. The SMILES string of the molecule is CCCCCCCC/C=C\CCCCCCCC(=O)O[C@H]1CC[C@@]2(C)C(=CC[C@H]3[C@@H]4CC[C@H]([C@H](C)CC[C@@H](CC)C(C)C)[C@@]4(C)CC[C@@H]32)C1. The first-order valence-electron chi connectivity index (χ1n) is 22.2. The van der Waals surface area contributed by atoms with Crippen molar-refractivity contribution >= 4 is 5.97 Å². The predicted molar refractivity (Wildman–Crippen MR) is 212 cm³/mol. The van der Waals surface area contributed by atoms with E-state index >= 15 is 0 Å². The van der Waals surface area contributed by atoms with Crippen LogP contribution in [-0.2, 0) is 9.53 Å². The van der Waals surface area contributed by atoms with Gasteiger partial charge in [-0.3, -0.25) is 4.79 Å². The van der Waals surface area contributed by atoms with E-state index < -0.39 is 0 Å². The van der Waals surface area contributed by atoms with Gasteiger partial charge in [0.25, 0.3) is 0 Å². The normalized spacial score (nSPS) is 32.4. The molecule has 0 unspecified atom stereocenters. The first-order valence-corrected chi connectivity index (χ1v) is 22.2. The second kappa shape index (κ2) is 20.3. The lowest BCUT2D eigenvalue weighted by Gasteiger charge is -2.58. The first kappa shape index (κ1) is 40.7. The van der Waals surface area contributed by atoms with Crippen molar-refractivity contribution < 1.29 is 9.53 Å². The summed E-state index contributed by atoms with van der Waals surface area (Å²) in [4.78, 5) is 12.8. The van der Waals surface area contributed by atoms with E-state index in [4.69, 9.17) is 4.74 Å². The summed E-state index contributed by atoms with van der Waals surface area (Å²) >= 11 is 0. The topological polar surface area (TPSA) is 26.3 Å². The molecule has 0 aromatic rings. The van der Waals surface area contributed by atoms with E-state index in [2.05, 4.69) is 66.7 Å². The molecule has 0 amide bonds. The zero-order valence-corrected chi connectivity index (χ0v) is 33.8. The number of ether oxygens (including phenoxy) is 1. The molecule has 4 aliphatic rings. The third kappa shape index (κ3) is 11.0. The Morgan fingerprint density at radius 1 is 0.816 bits per heavy atom. The number of carbonyl (C=O) groups is 1. The molecule has 0 aromatic heterocycles. The molecule has 0 heterocycles. The van der Waals surface area contributed by atoms with E-state index in [1.54, 1.807) is 5.57 Å². The summed E-state index contributed by atoms with van der Waals surface area (Å²) in [7, 11) is 0. The largest absolute Gasteiger partial charge is 0.462 e. The van der Waals surface area contributed by atoms with Crippen LogP contribution in [0.1, 0.15) is 209 Å². The fourth-order valence-corrected chi connectivity index (χ4v) is 12.0. The maximum absolute atomic E-state index is 12.8. The van der Waals surface area contributed by atoms with Crippen LogP contribution in [0.3, 0.4) is 0 Å². The van der Waals surface area contributed by atoms with Crippen molar-refractivity contribution in [2.75, 3.05) is 0 Å². The molecule has 4 aliphatic carbocycles. The van der Waals surface area contributed by atoms with Gasteiger partial charge in [-0.15, -0.1) is 0 Å². The van der Waals surface area contributed by atoms with Gasteiger partial charge in [0, 0.05) is 12.8 Å². The number of hydrogen-bond donors (Lipinski definition) is 0. The Balaban J connectivity index is 1.13. The van der Waals surface area contributed by atoms with E-state index in [0.29, 0.717) is 17.3 Å². The second-order valence-corrected chi connectivity index (χ2v) is 18.6. The van der Waals surface area contributed by atoms with E-state index in [-0.39, 0.29) is 12.1 Å². The Kier molecular flexibility index (Phi) is 16.8. The van der Waals surface area contributed by atoms with Crippen molar-refractivity contribution in [3.05, 3.63) is 23.8 Å². The van der Waals surface area contributed by atoms with Gasteiger partial charge in [0.15, 0.2) is 0 Å². The Morgan fingerprint density at radius 3 is 2.16 bits per heavy atom. The van der Waals surface area contributed by atoms with E-state index in [1.807, 2.05) is 0 Å². The van der Waals surface area contributed by atoms with Crippen molar-refractivity contribution in [3.63, 3.8) is 0 Å². The van der Waals surface area contributed by atoms with Gasteiger partial charge < -0.3 is 4.74 Å². The highest BCUT2D eigenvalue weighted by Gasteiger charge is 2.59. The van der Waals surface area contributed by atoms with Gasteiger partial charge in [-0.1, -0.05) is 136 Å². The minimum absolute atomic E-state index is 0.0544. The van der Waals surface area contributed by atoms with Crippen molar-refractivity contribution in [3.8, 4) is 0 Å². The van der Waals surface area contributed by atoms with Crippen LogP contribution in [0, 0.1) is 52.3 Å². The van der Waals surface area contributed by atoms with Crippen LogP contribution in [0.25, 0.3) is 0 Å². The Morgan fingerprint density at radius 2 is 1.49 bits per heavy atom. The molecule has 0 bridgehead atoms. The highest BCUT2D eigenvalue weighted by molar-refractivity contribution is 5.69. The molecule has 0 saturated heterocycles. The molecular weight excluding hydrogens is 597 g/mol. The molecule has 0 spiro atoms. The molecule has 49 heavy (non-hydrogen) atoms. The number of fused-ring (bicyclic) bond motifs is 5. The summed E-state index contributed by atoms with van der Waals surface area (Å²) in [6.45, 7) is 17.5. The van der Waals surface area contributed by atoms with Crippen molar-refractivity contribution in [2.24, 2.45) is 52.3 Å². The Bertz CT molecular complexity index is 1020. The quantitative estimate of drug-likeness (QED) is 0.0647. The van der Waals surface area contributed by atoms with Gasteiger partial charge >= 0.3 is 5.97 Å². The molecule has 282 valence electrons.